The third-order valence-electron chi connectivity index (χ3n) is 3.40. The number of nitrogens with one attached hydrogen (secondary N) is 1. The fourth-order valence-electron chi connectivity index (χ4n) is 2.31. The molecule has 3 rings (SSSR count). The van der Waals surface area contributed by atoms with Crippen molar-refractivity contribution in [2.75, 3.05) is 5.32 Å². The second-order valence-electron chi connectivity index (χ2n) is 5.01. The topological polar surface area (TPSA) is 59.3 Å². The largest absolute Gasteiger partial charge is 0.423 e. The van der Waals surface area contributed by atoms with Gasteiger partial charge in [0, 0.05) is 23.2 Å². The lowest BCUT2D eigenvalue weighted by Crippen LogP contribution is -2.14. The van der Waals surface area contributed by atoms with Crippen LogP contribution < -0.4 is 10.9 Å². The van der Waals surface area contributed by atoms with Crippen molar-refractivity contribution in [3.63, 3.8) is 0 Å². The standard InChI is InChI=1S/C17H11ClFNO3/c1-9-7-15(21)23-14-8-10(5-6-11(9)14)20-17(22)16-12(18)3-2-4-13(16)19/h2-8H,1H3,(H,20,22). The zero-order chi connectivity index (χ0) is 16.6. The summed E-state index contributed by atoms with van der Waals surface area (Å²) in [6.07, 6.45) is 0. The molecule has 0 saturated heterocycles. The van der Waals surface area contributed by atoms with Crippen molar-refractivity contribution in [3.05, 3.63) is 74.9 Å². The molecule has 0 radical (unpaired) electrons. The van der Waals surface area contributed by atoms with Gasteiger partial charge in [-0.3, -0.25) is 4.79 Å². The average Bonchev–Trinajstić information content (AvgIpc) is 2.46. The zero-order valence-electron chi connectivity index (χ0n) is 12.0. The number of fused-ring (bicyclic) bond motifs is 1. The minimum Gasteiger partial charge on any atom is -0.423 e. The number of aryl methyl sites for hydroxylation is 1. The van der Waals surface area contributed by atoms with E-state index in [1.54, 1.807) is 19.1 Å². The molecule has 0 spiro atoms. The van der Waals surface area contributed by atoms with Crippen LogP contribution >= 0.6 is 11.6 Å². The van der Waals surface area contributed by atoms with Gasteiger partial charge in [0.1, 0.15) is 11.4 Å². The second kappa shape index (κ2) is 5.85. The summed E-state index contributed by atoms with van der Waals surface area (Å²) in [6, 6.07) is 10.3. The molecule has 0 bridgehead atoms. The van der Waals surface area contributed by atoms with Crippen molar-refractivity contribution in [2.24, 2.45) is 0 Å². The Morgan fingerprint density at radius 2 is 2.00 bits per heavy atom. The lowest BCUT2D eigenvalue weighted by molar-refractivity contribution is 0.102. The van der Waals surface area contributed by atoms with E-state index in [1.165, 1.54) is 24.3 Å². The Morgan fingerprint density at radius 3 is 2.74 bits per heavy atom. The van der Waals surface area contributed by atoms with E-state index in [9.17, 15) is 14.0 Å². The average molecular weight is 332 g/mol. The van der Waals surface area contributed by atoms with Crippen LogP contribution in [0.15, 0.2) is 51.7 Å². The van der Waals surface area contributed by atoms with Crippen molar-refractivity contribution in [2.45, 2.75) is 6.92 Å². The minimum absolute atomic E-state index is 0.0191. The maximum Gasteiger partial charge on any atom is 0.336 e. The number of carbonyl (C=O) groups excluding carboxylic acids is 1. The summed E-state index contributed by atoms with van der Waals surface area (Å²) in [5.41, 5.74) is 0.768. The molecule has 4 nitrogen and oxygen atoms in total. The number of hydrogen-bond donors (Lipinski definition) is 1. The zero-order valence-corrected chi connectivity index (χ0v) is 12.8. The van der Waals surface area contributed by atoms with Gasteiger partial charge >= 0.3 is 5.63 Å². The van der Waals surface area contributed by atoms with Crippen LogP contribution in [-0.2, 0) is 0 Å². The Balaban J connectivity index is 1.98. The first-order valence-corrected chi connectivity index (χ1v) is 7.13. The van der Waals surface area contributed by atoms with Gasteiger partial charge in [-0.2, -0.15) is 0 Å². The fraction of sp³-hybridized carbons (Fsp3) is 0.0588. The first kappa shape index (κ1) is 15.2. The first-order valence-electron chi connectivity index (χ1n) is 6.75. The molecule has 0 saturated carbocycles. The maximum absolute atomic E-state index is 13.8. The molecule has 2 aromatic carbocycles. The highest BCUT2D eigenvalue weighted by atomic mass is 35.5. The Labute approximate surface area is 135 Å². The summed E-state index contributed by atoms with van der Waals surface area (Å²) in [5, 5.41) is 3.32. The number of hydrogen-bond acceptors (Lipinski definition) is 3. The second-order valence-corrected chi connectivity index (χ2v) is 5.42. The molecule has 0 atom stereocenters. The number of amides is 1. The van der Waals surface area contributed by atoms with E-state index in [0.717, 1.165) is 17.0 Å². The Bertz CT molecular complexity index is 961. The Kier molecular flexibility index (Phi) is 3.88. The quantitative estimate of drug-likeness (QED) is 0.718. The predicted octanol–water partition coefficient (Wildman–Crippen LogP) is 4.15. The predicted molar refractivity (Wildman–Crippen MR) is 86.6 cm³/mol. The van der Waals surface area contributed by atoms with Gasteiger partial charge in [0.2, 0.25) is 0 Å². The highest BCUT2D eigenvalue weighted by molar-refractivity contribution is 6.34. The van der Waals surface area contributed by atoms with Crippen LogP contribution in [-0.4, -0.2) is 5.91 Å². The molecule has 0 aliphatic heterocycles. The molecular weight excluding hydrogens is 321 g/mol. The molecular formula is C17H11ClFNO3. The van der Waals surface area contributed by atoms with Gasteiger partial charge in [-0.1, -0.05) is 17.7 Å². The van der Waals surface area contributed by atoms with Gasteiger partial charge in [0.25, 0.3) is 5.91 Å². The van der Waals surface area contributed by atoms with Crippen molar-refractivity contribution in [1.29, 1.82) is 0 Å². The summed E-state index contributed by atoms with van der Waals surface area (Å²) in [6.45, 7) is 1.79. The first-order chi connectivity index (χ1) is 11.0. The number of halogens is 2. The van der Waals surface area contributed by atoms with Crippen molar-refractivity contribution in [3.8, 4) is 0 Å². The van der Waals surface area contributed by atoms with Crippen LogP contribution in [0.5, 0.6) is 0 Å². The summed E-state index contributed by atoms with van der Waals surface area (Å²) in [4.78, 5) is 23.6. The van der Waals surface area contributed by atoms with Crippen LogP contribution in [0.25, 0.3) is 11.0 Å². The van der Waals surface area contributed by atoms with Crippen LogP contribution in [0.2, 0.25) is 5.02 Å². The van der Waals surface area contributed by atoms with Crippen LogP contribution in [0.4, 0.5) is 10.1 Å². The van der Waals surface area contributed by atoms with Gasteiger partial charge in [0.05, 0.1) is 10.6 Å². The highest BCUT2D eigenvalue weighted by Gasteiger charge is 2.16. The Morgan fingerprint density at radius 1 is 1.22 bits per heavy atom. The number of carbonyl (C=O) groups is 1. The van der Waals surface area contributed by atoms with Crippen LogP contribution in [0.1, 0.15) is 15.9 Å². The molecule has 3 aromatic rings. The molecule has 23 heavy (non-hydrogen) atoms. The van der Waals surface area contributed by atoms with E-state index in [0.29, 0.717) is 11.3 Å². The van der Waals surface area contributed by atoms with Gasteiger partial charge in [-0.15, -0.1) is 0 Å². The molecule has 1 N–H and O–H groups in total. The smallest absolute Gasteiger partial charge is 0.336 e. The molecule has 1 aromatic heterocycles. The highest BCUT2D eigenvalue weighted by Crippen LogP contribution is 2.23. The lowest BCUT2D eigenvalue weighted by Gasteiger charge is -2.08. The monoisotopic (exact) mass is 331 g/mol. The van der Waals surface area contributed by atoms with E-state index in [1.807, 2.05) is 0 Å². The van der Waals surface area contributed by atoms with Crippen molar-refractivity contribution >= 4 is 34.2 Å². The lowest BCUT2D eigenvalue weighted by atomic mass is 10.1. The number of anilines is 1. The SMILES string of the molecule is Cc1cc(=O)oc2cc(NC(=O)c3c(F)cccc3Cl)ccc12. The summed E-state index contributed by atoms with van der Waals surface area (Å²) in [7, 11) is 0. The van der Waals surface area contributed by atoms with Gasteiger partial charge in [-0.05, 0) is 36.8 Å². The third-order valence-corrected chi connectivity index (χ3v) is 3.71. The molecule has 116 valence electrons. The molecule has 0 aliphatic carbocycles. The summed E-state index contributed by atoms with van der Waals surface area (Å²) >= 11 is 5.87. The number of benzene rings is 2. The molecule has 1 heterocycles. The molecule has 0 unspecified atom stereocenters. The van der Waals surface area contributed by atoms with E-state index < -0.39 is 17.3 Å². The fourth-order valence-corrected chi connectivity index (χ4v) is 2.56. The van der Waals surface area contributed by atoms with E-state index in [4.69, 9.17) is 16.0 Å². The third kappa shape index (κ3) is 2.96. The number of rotatable bonds is 2. The summed E-state index contributed by atoms with van der Waals surface area (Å²) < 4.78 is 18.9. The Hall–Kier alpha value is -2.66. The molecule has 1 amide bonds. The maximum atomic E-state index is 13.8. The van der Waals surface area contributed by atoms with E-state index in [2.05, 4.69) is 5.32 Å². The minimum atomic E-state index is -0.710. The molecule has 6 heteroatoms. The normalized spacial score (nSPS) is 10.7. The van der Waals surface area contributed by atoms with Gasteiger partial charge < -0.3 is 9.73 Å². The van der Waals surface area contributed by atoms with Crippen molar-refractivity contribution < 1.29 is 13.6 Å². The summed E-state index contributed by atoms with van der Waals surface area (Å²) in [5.74, 6) is -1.39. The van der Waals surface area contributed by atoms with Gasteiger partial charge in [0.15, 0.2) is 0 Å². The molecule has 0 aliphatic rings. The van der Waals surface area contributed by atoms with E-state index >= 15 is 0 Å². The van der Waals surface area contributed by atoms with Gasteiger partial charge in [-0.25, -0.2) is 9.18 Å². The van der Waals surface area contributed by atoms with Crippen LogP contribution in [0.3, 0.4) is 0 Å². The van der Waals surface area contributed by atoms with E-state index in [-0.39, 0.29) is 10.6 Å². The molecule has 0 fully saturated rings. The van der Waals surface area contributed by atoms with Crippen LogP contribution in [0, 0.1) is 12.7 Å². The van der Waals surface area contributed by atoms with Crippen molar-refractivity contribution in [1.82, 2.24) is 0 Å².